The van der Waals surface area contributed by atoms with E-state index in [1.807, 2.05) is 26.0 Å². The van der Waals surface area contributed by atoms with Crippen LogP contribution < -0.4 is 0 Å². The van der Waals surface area contributed by atoms with Gasteiger partial charge in [0.1, 0.15) is 5.75 Å². The van der Waals surface area contributed by atoms with Crippen LogP contribution in [0.4, 0.5) is 0 Å². The number of ketones is 1. The van der Waals surface area contributed by atoms with Gasteiger partial charge in [-0.05, 0) is 49.9 Å². The number of phenols is 1. The first-order valence-corrected chi connectivity index (χ1v) is 6.76. The summed E-state index contributed by atoms with van der Waals surface area (Å²) in [5.41, 5.74) is 3.98. The first-order valence-electron chi connectivity index (χ1n) is 6.76. The predicted molar refractivity (Wildman–Crippen MR) is 75.9 cm³/mol. The topological polar surface area (TPSA) is 63.1 Å². The van der Waals surface area contributed by atoms with Crippen LogP contribution in [0.2, 0.25) is 0 Å². The minimum absolute atomic E-state index is 0.135. The van der Waals surface area contributed by atoms with Crippen molar-refractivity contribution in [1.82, 2.24) is 9.97 Å². The van der Waals surface area contributed by atoms with Crippen molar-refractivity contribution in [3.05, 3.63) is 40.7 Å². The molecular formula is C16H16N2O2. The number of nitrogens with zero attached hydrogens (tertiary/aromatic N) is 2. The van der Waals surface area contributed by atoms with Crippen molar-refractivity contribution in [3.8, 4) is 17.1 Å². The minimum Gasteiger partial charge on any atom is -0.507 e. The number of benzene rings is 1. The SMILES string of the molecule is Cc1cc(-c2ncc3c(n2)CCCC3=O)cc(C)c1O. The van der Waals surface area contributed by atoms with Gasteiger partial charge in [-0.15, -0.1) is 0 Å². The summed E-state index contributed by atoms with van der Waals surface area (Å²) in [7, 11) is 0. The highest BCUT2D eigenvalue weighted by molar-refractivity contribution is 5.97. The van der Waals surface area contributed by atoms with Gasteiger partial charge in [0, 0.05) is 18.2 Å². The molecule has 1 aliphatic rings. The number of aryl methyl sites for hydroxylation is 3. The monoisotopic (exact) mass is 268 g/mol. The molecule has 0 saturated carbocycles. The van der Waals surface area contributed by atoms with Crippen LogP contribution in [0.25, 0.3) is 11.4 Å². The molecule has 0 amide bonds. The molecule has 0 aliphatic heterocycles. The Morgan fingerprint density at radius 1 is 1.15 bits per heavy atom. The predicted octanol–water partition coefficient (Wildman–Crippen LogP) is 2.99. The first-order chi connectivity index (χ1) is 9.56. The Morgan fingerprint density at radius 2 is 1.85 bits per heavy atom. The smallest absolute Gasteiger partial charge is 0.166 e. The third kappa shape index (κ3) is 2.07. The second-order valence-electron chi connectivity index (χ2n) is 5.29. The Kier molecular flexibility index (Phi) is 3.01. The summed E-state index contributed by atoms with van der Waals surface area (Å²) in [6.45, 7) is 3.71. The van der Waals surface area contributed by atoms with Crippen molar-refractivity contribution in [2.24, 2.45) is 0 Å². The Morgan fingerprint density at radius 3 is 2.55 bits per heavy atom. The molecule has 102 valence electrons. The zero-order chi connectivity index (χ0) is 14.3. The van der Waals surface area contributed by atoms with E-state index in [9.17, 15) is 9.90 Å². The Balaban J connectivity index is 2.09. The molecule has 20 heavy (non-hydrogen) atoms. The van der Waals surface area contributed by atoms with Crippen molar-refractivity contribution in [2.75, 3.05) is 0 Å². The lowest BCUT2D eigenvalue weighted by Gasteiger charge is -2.14. The summed E-state index contributed by atoms with van der Waals surface area (Å²) in [6, 6.07) is 3.74. The average Bonchev–Trinajstić information content (AvgIpc) is 2.44. The lowest BCUT2D eigenvalue weighted by molar-refractivity contribution is 0.0971. The number of hydrogen-bond acceptors (Lipinski definition) is 4. The lowest BCUT2D eigenvalue weighted by atomic mass is 9.96. The highest BCUT2D eigenvalue weighted by atomic mass is 16.3. The van der Waals surface area contributed by atoms with Crippen molar-refractivity contribution in [3.63, 3.8) is 0 Å². The van der Waals surface area contributed by atoms with Crippen LogP contribution in [0.15, 0.2) is 18.3 Å². The maximum atomic E-state index is 11.8. The summed E-state index contributed by atoms with van der Waals surface area (Å²) in [4.78, 5) is 20.6. The van der Waals surface area contributed by atoms with Gasteiger partial charge in [-0.2, -0.15) is 0 Å². The Bertz CT molecular complexity index is 685. The van der Waals surface area contributed by atoms with Crippen molar-refractivity contribution >= 4 is 5.78 Å². The van der Waals surface area contributed by atoms with E-state index in [2.05, 4.69) is 9.97 Å². The molecule has 3 rings (SSSR count). The average molecular weight is 268 g/mol. The van der Waals surface area contributed by atoms with Crippen LogP contribution in [0.5, 0.6) is 5.75 Å². The highest BCUT2D eigenvalue weighted by Gasteiger charge is 2.20. The zero-order valence-electron chi connectivity index (χ0n) is 11.6. The largest absolute Gasteiger partial charge is 0.507 e. The highest BCUT2D eigenvalue weighted by Crippen LogP contribution is 2.28. The molecule has 1 heterocycles. The molecule has 0 radical (unpaired) electrons. The summed E-state index contributed by atoms with van der Waals surface area (Å²) in [6.07, 6.45) is 3.91. The van der Waals surface area contributed by atoms with Gasteiger partial charge in [0.25, 0.3) is 0 Å². The Hall–Kier alpha value is -2.23. The number of carbonyl (C=O) groups is 1. The van der Waals surface area contributed by atoms with Gasteiger partial charge in [-0.1, -0.05) is 0 Å². The summed E-state index contributed by atoms with van der Waals surface area (Å²) >= 11 is 0. The van der Waals surface area contributed by atoms with Gasteiger partial charge >= 0.3 is 0 Å². The van der Waals surface area contributed by atoms with Gasteiger partial charge in [-0.25, -0.2) is 9.97 Å². The van der Waals surface area contributed by atoms with E-state index in [1.54, 1.807) is 6.20 Å². The summed E-state index contributed by atoms with van der Waals surface area (Å²) in [5, 5.41) is 9.82. The standard InChI is InChI=1S/C16H16N2O2/c1-9-6-11(7-10(2)15(9)20)16-17-8-12-13(18-16)4-3-5-14(12)19/h6-8,20H,3-5H2,1-2H3. The summed E-state index contributed by atoms with van der Waals surface area (Å²) in [5.74, 6) is 1.06. The molecule has 1 N–H and O–H groups in total. The van der Waals surface area contributed by atoms with E-state index in [4.69, 9.17) is 0 Å². The van der Waals surface area contributed by atoms with Crippen molar-refractivity contribution in [1.29, 1.82) is 0 Å². The van der Waals surface area contributed by atoms with Crippen LogP contribution in [-0.2, 0) is 6.42 Å². The van der Waals surface area contributed by atoms with Crippen molar-refractivity contribution in [2.45, 2.75) is 33.1 Å². The molecule has 1 aromatic carbocycles. The number of hydrogen-bond donors (Lipinski definition) is 1. The van der Waals surface area contributed by atoms with Crippen LogP contribution in [0.3, 0.4) is 0 Å². The molecule has 2 aromatic rings. The van der Waals surface area contributed by atoms with E-state index >= 15 is 0 Å². The van der Waals surface area contributed by atoms with Crippen LogP contribution in [0, 0.1) is 13.8 Å². The molecular weight excluding hydrogens is 252 g/mol. The fourth-order valence-corrected chi connectivity index (χ4v) is 2.62. The van der Waals surface area contributed by atoms with Gasteiger partial charge in [0.05, 0.1) is 11.3 Å². The van der Waals surface area contributed by atoms with Gasteiger partial charge in [0.15, 0.2) is 11.6 Å². The van der Waals surface area contributed by atoms with Crippen LogP contribution in [0.1, 0.15) is 40.0 Å². The molecule has 0 unspecified atom stereocenters. The summed E-state index contributed by atoms with van der Waals surface area (Å²) < 4.78 is 0. The van der Waals surface area contributed by atoms with Gasteiger partial charge in [-0.3, -0.25) is 4.79 Å². The Labute approximate surface area is 117 Å². The van der Waals surface area contributed by atoms with Crippen LogP contribution in [-0.4, -0.2) is 20.9 Å². The number of aromatic nitrogens is 2. The van der Waals surface area contributed by atoms with Crippen molar-refractivity contribution < 1.29 is 9.90 Å². The zero-order valence-corrected chi connectivity index (χ0v) is 11.6. The lowest BCUT2D eigenvalue weighted by Crippen LogP contribution is -2.13. The molecule has 0 atom stereocenters. The molecule has 0 bridgehead atoms. The quantitative estimate of drug-likeness (QED) is 0.863. The first kappa shape index (κ1) is 12.8. The number of phenolic OH excluding ortho intramolecular Hbond substituents is 1. The normalized spacial score (nSPS) is 14.2. The molecule has 0 spiro atoms. The van der Waals surface area contributed by atoms with Crippen LogP contribution >= 0.6 is 0 Å². The number of fused-ring (bicyclic) bond motifs is 1. The van der Waals surface area contributed by atoms with E-state index in [1.165, 1.54) is 0 Å². The van der Waals surface area contributed by atoms with E-state index in [0.717, 1.165) is 35.2 Å². The maximum absolute atomic E-state index is 11.8. The molecule has 0 saturated heterocycles. The molecule has 1 aromatic heterocycles. The number of rotatable bonds is 1. The number of carbonyl (C=O) groups excluding carboxylic acids is 1. The third-order valence-electron chi connectivity index (χ3n) is 3.73. The molecule has 1 aliphatic carbocycles. The second-order valence-corrected chi connectivity index (χ2v) is 5.29. The maximum Gasteiger partial charge on any atom is 0.166 e. The molecule has 4 nitrogen and oxygen atoms in total. The molecule has 0 fully saturated rings. The minimum atomic E-state index is 0.135. The fourth-order valence-electron chi connectivity index (χ4n) is 2.62. The fraction of sp³-hybridized carbons (Fsp3) is 0.312. The third-order valence-corrected chi connectivity index (χ3v) is 3.73. The van der Waals surface area contributed by atoms with E-state index < -0.39 is 0 Å². The number of aromatic hydroxyl groups is 1. The number of Topliss-reactive ketones (excluding diaryl/α,β-unsaturated/α-hetero) is 1. The van der Waals surface area contributed by atoms with Gasteiger partial charge in [0.2, 0.25) is 0 Å². The molecule has 4 heteroatoms. The van der Waals surface area contributed by atoms with E-state index in [0.29, 0.717) is 23.6 Å². The van der Waals surface area contributed by atoms with E-state index in [-0.39, 0.29) is 5.78 Å². The van der Waals surface area contributed by atoms with Gasteiger partial charge < -0.3 is 5.11 Å². The second kappa shape index (κ2) is 4.71.